The van der Waals surface area contributed by atoms with Crippen molar-refractivity contribution in [2.45, 2.75) is 13.8 Å². The summed E-state index contributed by atoms with van der Waals surface area (Å²) >= 11 is 0. The van der Waals surface area contributed by atoms with Crippen LogP contribution >= 0.6 is 0 Å². The molecular weight excluding hydrogens is 264 g/mol. The fourth-order valence-corrected chi connectivity index (χ4v) is 2.29. The molecule has 1 amide bonds. The average molecular weight is 280 g/mol. The van der Waals surface area contributed by atoms with Crippen molar-refractivity contribution >= 4 is 28.3 Å². The summed E-state index contributed by atoms with van der Waals surface area (Å²) in [5, 5.41) is 3.77. The molecule has 3 N–H and O–H groups in total. The lowest BCUT2D eigenvalue weighted by Gasteiger charge is -2.07. The summed E-state index contributed by atoms with van der Waals surface area (Å²) in [4.78, 5) is 12.3. The third kappa shape index (κ3) is 2.60. The van der Waals surface area contributed by atoms with Crippen LogP contribution in [-0.4, -0.2) is 5.91 Å². The Labute approximate surface area is 122 Å². The molecule has 0 bridgehead atoms. The highest BCUT2D eigenvalue weighted by atomic mass is 16.3. The number of nitrogen functional groups attached to an aromatic ring is 1. The van der Waals surface area contributed by atoms with E-state index >= 15 is 0 Å². The van der Waals surface area contributed by atoms with Crippen LogP contribution in [0.25, 0.3) is 11.0 Å². The van der Waals surface area contributed by atoms with Crippen LogP contribution in [-0.2, 0) is 0 Å². The van der Waals surface area contributed by atoms with Crippen molar-refractivity contribution < 1.29 is 9.21 Å². The van der Waals surface area contributed by atoms with Gasteiger partial charge in [-0.25, -0.2) is 0 Å². The van der Waals surface area contributed by atoms with E-state index in [9.17, 15) is 4.79 Å². The van der Waals surface area contributed by atoms with Crippen LogP contribution in [0.1, 0.15) is 21.7 Å². The molecule has 0 aliphatic rings. The first-order valence-electron chi connectivity index (χ1n) is 6.70. The quantitative estimate of drug-likeness (QED) is 0.700. The first-order chi connectivity index (χ1) is 10.0. The van der Waals surface area contributed by atoms with Crippen LogP contribution in [0, 0.1) is 13.8 Å². The zero-order chi connectivity index (χ0) is 15.0. The second kappa shape index (κ2) is 4.98. The van der Waals surface area contributed by atoms with E-state index in [1.165, 1.54) is 0 Å². The predicted octanol–water partition coefficient (Wildman–Crippen LogP) is 3.88. The van der Waals surface area contributed by atoms with Crippen LogP contribution in [0.4, 0.5) is 11.4 Å². The number of carbonyl (C=O) groups is 1. The van der Waals surface area contributed by atoms with Gasteiger partial charge in [-0.15, -0.1) is 0 Å². The van der Waals surface area contributed by atoms with Crippen molar-refractivity contribution in [1.82, 2.24) is 0 Å². The fraction of sp³-hybridized carbons (Fsp3) is 0.118. The van der Waals surface area contributed by atoms with E-state index in [4.69, 9.17) is 10.2 Å². The molecule has 0 saturated carbocycles. The Morgan fingerprint density at radius 1 is 1.10 bits per heavy atom. The van der Waals surface area contributed by atoms with E-state index in [2.05, 4.69) is 5.32 Å². The number of nitrogens with two attached hydrogens (primary N) is 1. The normalized spacial score (nSPS) is 10.8. The Balaban J connectivity index is 1.89. The second-order valence-electron chi connectivity index (χ2n) is 5.18. The maximum atomic E-state index is 12.3. The molecule has 0 saturated heterocycles. The summed E-state index contributed by atoms with van der Waals surface area (Å²) in [7, 11) is 0. The lowest BCUT2D eigenvalue weighted by molar-refractivity contribution is 0.0998. The largest absolute Gasteiger partial charge is 0.451 e. The Bertz CT molecular complexity index is 834. The predicted molar refractivity (Wildman–Crippen MR) is 84.5 cm³/mol. The summed E-state index contributed by atoms with van der Waals surface area (Å²) < 4.78 is 5.58. The zero-order valence-electron chi connectivity index (χ0n) is 11.9. The molecule has 0 unspecified atom stereocenters. The Hall–Kier alpha value is -2.75. The lowest BCUT2D eigenvalue weighted by Crippen LogP contribution is -2.11. The van der Waals surface area contributed by atoms with Gasteiger partial charge >= 0.3 is 0 Å². The summed E-state index contributed by atoms with van der Waals surface area (Å²) in [6, 6.07) is 12.9. The Morgan fingerprint density at radius 2 is 1.90 bits per heavy atom. The molecule has 0 aliphatic heterocycles. The molecule has 0 spiro atoms. The summed E-state index contributed by atoms with van der Waals surface area (Å²) in [5.41, 5.74) is 9.85. The van der Waals surface area contributed by atoms with Crippen molar-refractivity contribution in [3.63, 3.8) is 0 Å². The number of amides is 1. The molecule has 0 aliphatic carbocycles. The molecule has 2 aromatic carbocycles. The van der Waals surface area contributed by atoms with E-state index in [1.807, 2.05) is 38.1 Å². The molecule has 3 aromatic rings. The first kappa shape index (κ1) is 13.2. The topological polar surface area (TPSA) is 68.3 Å². The van der Waals surface area contributed by atoms with Crippen LogP contribution < -0.4 is 11.1 Å². The van der Waals surface area contributed by atoms with Crippen molar-refractivity contribution in [2.24, 2.45) is 0 Å². The number of rotatable bonds is 2. The fourth-order valence-electron chi connectivity index (χ4n) is 2.29. The van der Waals surface area contributed by atoms with Crippen LogP contribution in [0.5, 0.6) is 0 Å². The molecule has 21 heavy (non-hydrogen) atoms. The minimum absolute atomic E-state index is 0.267. The molecule has 1 aromatic heterocycles. The average Bonchev–Trinajstić information content (AvgIpc) is 2.85. The molecule has 106 valence electrons. The number of nitrogens with one attached hydrogen (secondary N) is 1. The maximum absolute atomic E-state index is 12.3. The van der Waals surface area contributed by atoms with Gasteiger partial charge in [0.2, 0.25) is 0 Å². The standard InChI is InChI=1S/C17H16N2O2/c1-10-3-6-15-12(7-10)9-16(21-15)17(20)19-14-5-4-13(18)8-11(14)2/h3-9H,18H2,1-2H3,(H,19,20). The molecule has 0 radical (unpaired) electrons. The van der Waals surface area contributed by atoms with E-state index in [0.717, 1.165) is 22.2 Å². The van der Waals surface area contributed by atoms with Crippen LogP contribution in [0.3, 0.4) is 0 Å². The minimum Gasteiger partial charge on any atom is -0.451 e. The number of benzene rings is 2. The molecule has 4 nitrogen and oxygen atoms in total. The molecule has 3 rings (SSSR count). The smallest absolute Gasteiger partial charge is 0.291 e. The number of aryl methyl sites for hydroxylation is 2. The van der Waals surface area contributed by atoms with Crippen LogP contribution in [0.2, 0.25) is 0 Å². The highest BCUT2D eigenvalue weighted by molar-refractivity contribution is 6.05. The van der Waals surface area contributed by atoms with Gasteiger partial charge in [0.05, 0.1) is 0 Å². The SMILES string of the molecule is Cc1ccc2oc(C(=O)Nc3ccc(N)cc3C)cc2c1. The maximum Gasteiger partial charge on any atom is 0.291 e. The highest BCUT2D eigenvalue weighted by Crippen LogP contribution is 2.23. The number of fused-ring (bicyclic) bond motifs is 1. The van der Waals surface area contributed by atoms with Gasteiger partial charge < -0.3 is 15.5 Å². The number of anilines is 2. The van der Waals surface area contributed by atoms with E-state index < -0.39 is 0 Å². The van der Waals surface area contributed by atoms with Gasteiger partial charge in [0.25, 0.3) is 5.91 Å². The molecule has 0 fully saturated rings. The van der Waals surface area contributed by atoms with Gasteiger partial charge in [0, 0.05) is 16.8 Å². The third-order valence-electron chi connectivity index (χ3n) is 3.39. The van der Waals surface area contributed by atoms with Crippen molar-refractivity contribution in [1.29, 1.82) is 0 Å². The monoisotopic (exact) mass is 280 g/mol. The van der Waals surface area contributed by atoms with Gasteiger partial charge in [-0.2, -0.15) is 0 Å². The molecule has 0 atom stereocenters. The van der Waals surface area contributed by atoms with Crippen LogP contribution in [0.15, 0.2) is 46.9 Å². The number of hydrogen-bond donors (Lipinski definition) is 2. The Kier molecular flexibility index (Phi) is 3.14. The number of hydrogen-bond acceptors (Lipinski definition) is 3. The van der Waals surface area contributed by atoms with Crippen molar-refractivity contribution in [3.8, 4) is 0 Å². The number of carbonyl (C=O) groups excluding carboxylic acids is 1. The van der Waals surface area contributed by atoms with E-state index in [-0.39, 0.29) is 5.91 Å². The second-order valence-corrected chi connectivity index (χ2v) is 5.18. The molecular formula is C17H16N2O2. The van der Waals surface area contributed by atoms with E-state index in [0.29, 0.717) is 17.0 Å². The zero-order valence-corrected chi connectivity index (χ0v) is 11.9. The van der Waals surface area contributed by atoms with E-state index in [1.54, 1.807) is 18.2 Å². The van der Waals surface area contributed by atoms with Crippen molar-refractivity contribution in [3.05, 3.63) is 59.4 Å². The van der Waals surface area contributed by atoms with Gasteiger partial charge in [-0.05, 0) is 55.8 Å². The summed E-state index contributed by atoms with van der Waals surface area (Å²) in [5.74, 6) is 0.0311. The first-order valence-corrected chi connectivity index (χ1v) is 6.70. The van der Waals surface area contributed by atoms with Gasteiger partial charge in [-0.1, -0.05) is 11.6 Å². The van der Waals surface area contributed by atoms with Gasteiger partial charge in [0.1, 0.15) is 5.58 Å². The Morgan fingerprint density at radius 3 is 2.67 bits per heavy atom. The third-order valence-corrected chi connectivity index (χ3v) is 3.39. The number of furan rings is 1. The van der Waals surface area contributed by atoms with Crippen molar-refractivity contribution in [2.75, 3.05) is 11.1 Å². The summed E-state index contributed by atoms with van der Waals surface area (Å²) in [6.45, 7) is 3.90. The lowest BCUT2D eigenvalue weighted by atomic mass is 10.1. The molecule has 1 heterocycles. The van der Waals surface area contributed by atoms with Gasteiger partial charge in [-0.3, -0.25) is 4.79 Å². The van der Waals surface area contributed by atoms with Gasteiger partial charge in [0.15, 0.2) is 5.76 Å². The molecule has 4 heteroatoms. The summed E-state index contributed by atoms with van der Waals surface area (Å²) in [6.07, 6.45) is 0. The highest BCUT2D eigenvalue weighted by Gasteiger charge is 2.13. The minimum atomic E-state index is -0.267.